The molecule has 0 spiro atoms. The van der Waals surface area contributed by atoms with Gasteiger partial charge in [0.25, 0.3) is 0 Å². The Hall–Kier alpha value is -0.110. The second kappa shape index (κ2) is 16.5. The summed E-state index contributed by atoms with van der Waals surface area (Å²) in [5, 5.41) is 0. The molecule has 0 saturated heterocycles. The first-order valence-electron chi connectivity index (χ1n) is 11.2. The molecule has 2 unspecified atom stereocenters. The van der Waals surface area contributed by atoms with Gasteiger partial charge in [-0.3, -0.25) is 9.32 Å². The number of ether oxygens (including phenoxy) is 1. The van der Waals surface area contributed by atoms with Crippen LogP contribution in [0.15, 0.2) is 0 Å². The van der Waals surface area contributed by atoms with Gasteiger partial charge < -0.3 is 19.0 Å². The van der Waals surface area contributed by atoms with Crippen molar-refractivity contribution in [3.8, 4) is 0 Å². The maximum atomic E-state index is 12.2. The van der Waals surface area contributed by atoms with Crippen molar-refractivity contribution >= 4 is 25.6 Å². The van der Waals surface area contributed by atoms with E-state index >= 15 is 0 Å². The fourth-order valence-electron chi connectivity index (χ4n) is 2.98. The lowest BCUT2D eigenvalue weighted by Crippen LogP contribution is -2.48. The molecule has 0 rings (SSSR count). The Kier molecular flexibility index (Phi) is 16.5. The maximum absolute atomic E-state index is 12.2. The van der Waals surface area contributed by atoms with Crippen molar-refractivity contribution in [2.45, 2.75) is 77.7 Å². The van der Waals surface area contributed by atoms with Crippen LogP contribution < -0.4 is 0 Å². The fourth-order valence-corrected chi connectivity index (χ4v) is 4.41. The normalized spacial score (nSPS) is 14.5. The summed E-state index contributed by atoms with van der Waals surface area (Å²) in [6.45, 7) is 4.25. The van der Waals surface area contributed by atoms with Gasteiger partial charge in [-0.15, -0.1) is 0 Å². The van der Waals surface area contributed by atoms with Crippen LogP contribution in [0.1, 0.15) is 71.6 Å². The standard InChI is InChI=1S/C21H44NO6PS/c1-6-7-8-9-10-11-12-13-16-30-18-19(2)21(23)27-15-14-20(22(3,4)5)17-28-29(24,25)26/h19-20H,6-18H2,1-5H3,(H-,24,25,26)/p+1. The first-order valence-corrected chi connectivity index (χ1v) is 13.9. The third-order valence-corrected chi connectivity index (χ3v) is 6.94. The van der Waals surface area contributed by atoms with Crippen molar-refractivity contribution in [3.63, 3.8) is 0 Å². The largest absolute Gasteiger partial charge is 0.469 e. The Morgan fingerprint density at radius 2 is 1.60 bits per heavy atom. The van der Waals surface area contributed by atoms with Crippen LogP contribution in [0.5, 0.6) is 0 Å². The van der Waals surface area contributed by atoms with Crippen molar-refractivity contribution in [2.24, 2.45) is 5.92 Å². The molecule has 2 N–H and O–H groups in total. The summed E-state index contributed by atoms with van der Waals surface area (Å²) in [5.41, 5.74) is 0. The topological polar surface area (TPSA) is 93.1 Å². The number of hydrogen-bond acceptors (Lipinski definition) is 5. The van der Waals surface area contributed by atoms with Gasteiger partial charge in [0.1, 0.15) is 12.6 Å². The predicted molar refractivity (Wildman–Crippen MR) is 124 cm³/mol. The Bertz CT molecular complexity index is 494. The average Bonchev–Trinajstić information content (AvgIpc) is 2.63. The zero-order chi connectivity index (χ0) is 23.0. The molecule has 0 aromatic heterocycles. The van der Waals surface area contributed by atoms with E-state index in [4.69, 9.17) is 14.5 Å². The van der Waals surface area contributed by atoms with Crippen LogP contribution in [-0.4, -0.2) is 72.1 Å². The third-order valence-electron chi connectivity index (χ3n) is 5.14. The van der Waals surface area contributed by atoms with Gasteiger partial charge in [0.15, 0.2) is 0 Å². The third kappa shape index (κ3) is 17.6. The molecule has 180 valence electrons. The molecule has 0 aliphatic rings. The van der Waals surface area contributed by atoms with Crippen LogP contribution in [0.3, 0.4) is 0 Å². The Balaban J connectivity index is 3.92. The first kappa shape index (κ1) is 29.9. The van der Waals surface area contributed by atoms with Crippen molar-refractivity contribution < 1.29 is 32.9 Å². The number of likely N-dealkylation sites (N-methyl/N-ethyl adjacent to an activating group) is 1. The minimum absolute atomic E-state index is 0.0880. The van der Waals surface area contributed by atoms with E-state index < -0.39 is 7.82 Å². The summed E-state index contributed by atoms with van der Waals surface area (Å²) in [6, 6.07) is -0.183. The highest BCUT2D eigenvalue weighted by Crippen LogP contribution is 2.36. The lowest BCUT2D eigenvalue weighted by Gasteiger charge is -2.33. The van der Waals surface area contributed by atoms with Gasteiger partial charge >= 0.3 is 13.8 Å². The number of phosphoric acid groups is 1. The summed E-state index contributed by atoms with van der Waals surface area (Å²) in [5.74, 6) is 1.47. The molecule has 0 fully saturated rings. The molecule has 30 heavy (non-hydrogen) atoms. The summed E-state index contributed by atoms with van der Waals surface area (Å²) in [6.07, 6.45) is 10.9. The highest BCUT2D eigenvalue weighted by Gasteiger charge is 2.28. The van der Waals surface area contributed by atoms with Crippen LogP contribution in [0.25, 0.3) is 0 Å². The molecule has 0 amide bonds. The number of hydrogen-bond donors (Lipinski definition) is 2. The zero-order valence-electron chi connectivity index (χ0n) is 19.7. The molecule has 0 aromatic rings. The summed E-state index contributed by atoms with van der Waals surface area (Å²) >= 11 is 1.81. The minimum Gasteiger partial charge on any atom is -0.465 e. The molecule has 2 atom stereocenters. The SMILES string of the molecule is CCCCCCCCCCSCC(C)C(=O)OCCC(COP(=O)(O)O)[N+](C)(C)C. The number of quaternary nitrogens is 1. The molecule has 0 saturated carbocycles. The number of rotatable bonds is 19. The van der Waals surface area contributed by atoms with Crippen molar-refractivity contribution in [3.05, 3.63) is 0 Å². The van der Waals surface area contributed by atoms with Crippen LogP contribution in [0.2, 0.25) is 0 Å². The Morgan fingerprint density at radius 1 is 1.03 bits per heavy atom. The van der Waals surface area contributed by atoms with Gasteiger partial charge in [-0.2, -0.15) is 11.8 Å². The highest BCUT2D eigenvalue weighted by molar-refractivity contribution is 7.99. The second-order valence-corrected chi connectivity index (χ2v) is 11.4. The van der Waals surface area contributed by atoms with E-state index in [1.54, 1.807) is 11.8 Å². The first-order chi connectivity index (χ1) is 14.0. The van der Waals surface area contributed by atoms with Crippen LogP contribution in [0, 0.1) is 5.92 Å². The monoisotopic (exact) mass is 470 g/mol. The van der Waals surface area contributed by atoms with E-state index in [0.29, 0.717) is 10.9 Å². The Labute approximate surface area is 188 Å². The number of nitrogens with zero attached hydrogens (tertiary/aromatic N) is 1. The number of thioether (sulfide) groups is 1. The number of carbonyl (C=O) groups is 1. The number of esters is 1. The van der Waals surface area contributed by atoms with E-state index in [-0.39, 0.29) is 31.1 Å². The molecular weight excluding hydrogens is 425 g/mol. The lowest BCUT2D eigenvalue weighted by molar-refractivity contribution is -0.896. The Morgan fingerprint density at radius 3 is 2.13 bits per heavy atom. The summed E-state index contributed by atoms with van der Waals surface area (Å²) in [4.78, 5) is 30.0. The van der Waals surface area contributed by atoms with Gasteiger partial charge in [0.2, 0.25) is 0 Å². The molecule has 0 heterocycles. The van der Waals surface area contributed by atoms with E-state index in [0.717, 1.165) is 11.5 Å². The minimum atomic E-state index is -4.51. The zero-order valence-corrected chi connectivity index (χ0v) is 21.4. The lowest BCUT2D eigenvalue weighted by atomic mass is 10.1. The van der Waals surface area contributed by atoms with Crippen LogP contribution in [-0.2, 0) is 18.6 Å². The quantitative estimate of drug-likeness (QED) is 0.123. The summed E-state index contributed by atoms with van der Waals surface area (Å²) < 4.78 is 21.4. The fraction of sp³-hybridized carbons (Fsp3) is 0.952. The van der Waals surface area contributed by atoms with E-state index in [1.807, 2.05) is 28.1 Å². The summed E-state index contributed by atoms with van der Waals surface area (Å²) in [7, 11) is 1.24. The van der Waals surface area contributed by atoms with E-state index in [2.05, 4.69) is 11.4 Å². The molecule has 9 heteroatoms. The smallest absolute Gasteiger partial charge is 0.465 e. The highest BCUT2D eigenvalue weighted by atomic mass is 32.2. The van der Waals surface area contributed by atoms with Crippen molar-refractivity contribution in [2.75, 3.05) is 45.9 Å². The predicted octanol–water partition coefficient (Wildman–Crippen LogP) is 4.61. The molecule has 7 nitrogen and oxygen atoms in total. The van der Waals surface area contributed by atoms with Crippen LogP contribution >= 0.6 is 19.6 Å². The van der Waals surface area contributed by atoms with E-state index in [1.165, 1.54) is 51.4 Å². The molecule has 0 bridgehead atoms. The molecule has 0 aromatic carbocycles. The molecule has 0 aliphatic carbocycles. The number of phosphoric ester groups is 1. The second-order valence-electron chi connectivity index (χ2n) is 8.96. The van der Waals surface area contributed by atoms with Gasteiger partial charge in [0.05, 0.1) is 33.7 Å². The molecular formula is C21H45NO6PS+. The maximum Gasteiger partial charge on any atom is 0.469 e. The van der Waals surface area contributed by atoms with Crippen molar-refractivity contribution in [1.82, 2.24) is 0 Å². The van der Waals surface area contributed by atoms with Crippen molar-refractivity contribution in [1.29, 1.82) is 0 Å². The average molecular weight is 471 g/mol. The molecule has 0 aliphatic heterocycles. The van der Waals surface area contributed by atoms with Gasteiger partial charge in [-0.05, 0) is 12.2 Å². The van der Waals surface area contributed by atoms with Gasteiger partial charge in [0, 0.05) is 12.2 Å². The van der Waals surface area contributed by atoms with Crippen LogP contribution in [0.4, 0.5) is 0 Å². The number of unbranched alkanes of at least 4 members (excludes halogenated alkanes) is 7. The number of carbonyl (C=O) groups excluding carboxylic acids is 1. The van der Waals surface area contributed by atoms with Gasteiger partial charge in [-0.25, -0.2) is 4.57 Å². The van der Waals surface area contributed by atoms with E-state index in [9.17, 15) is 9.36 Å². The molecule has 0 radical (unpaired) electrons. The van der Waals surface area contributed by atoms with Gasteiger partial charge in [-0.1, -0.05) is 58.8 Å².